The van der Waals surface area contributed by atoms with Gasteiger partial charge in [0.15, 0.2) is 0 Å². The van der Waals surface area contributed by atoms with E-state index in [1.54, 1.807) is 6.92 Å². The van der Waals surface area contributed by atoms with Crippen LogP contribution in [0.2, 0.25) is 0 Å². The second-order valence-corrected chi connectivity index (χ2v) is 12.8. The number of allylic oxidation sites excluding steroid dienone is 3. The van der Waals surface area contributed by atoms with Crippen molar-refractivity contribution in [1.82, 2.24) is 0 Å². The molecule has 0 aromatic rings. The molecular formula is C30H48O4. The molecule has 3 rings (SSSR count). The Labute approximate surface area is 207 Å². The van der Waals surface area contributed by atoms with E-state index >= 15 is 0 Å². The number of carboxylic acid groups (broad SMARTS) is 2. The number of aliphatic carboxylic acids is 2. The molecule has 0 bridgehead atoms. The van der Waals surface area contributed by atoms with Crippen molar-refractivity contribution in [2.75, 3.05) is 0 Å². The van der Waals surface area contributed by atoms with Crippen molar-refractivity contribution < 1.29 is 19.8 Å². The van der Waals surface area contributed by atoms with Gasteiger partial charge in [0, 0.05) is 12.0 Å². The first-order valence-corrected chi connectivity index (χ1v) is 13.6. The largest absolute Gasteiger partial charge is 0.481 e. The summed E-state index contributed by atoms with van der Waals surface area (Å²) in [6, 6.07) is 0. The summed E-state index contributed by atoms with van der Waals surface area (Å²) in [5.74, 6) is 0.774. The monoisotopic (exact) mass is 472 g/mol. The second-order valence-electron chi connectivity index (χ2n) is 12.8. The highest BCUT2D eigenvalue weighted by Gasteiger charge is 2.66. The van der Waals surface area contributed by atoms with Crippen LogP contribution in [0.1, 0.15) is 113 Å². The number of rotatable bonds is 8. The first kappa shape index (κ1) is 27.0. The predicted molar refractivity (Wildman–Crippen MR) is 138 cm³/mol. The first-order valence-electron chi connectivity index (χ1n) is 13.6. The minimum absolute atomic E-state index is 0.175. The van der Waals surface area contributed by atoms with Crippen molar-refractivity contribution in [1.29, 1.82) is 0 Å². The van der Waals surface area contributed by atoms with Crippen LogP contribution in [0.3, 0.4) is 0 Å². The molecule has 0 radical (unpaired) electrons. The summed E-state index contributed by atoms with van der Waals surface area (Å²) < 4.78 is 0. The van der Waals surface area contributed by atoms with Crippen molar-refractivity contribution in [2.45, 2.75) is 113 Å². The van der Waals surface area contributed by atoms with Gasteiger partial charge in [-0.2, -0.15) is 0 Å². The van der Waals surface area contributed by atoms with Crippen LogP contribution in [-0.4, -0.2) is 22.2 Å². The average Bonchev–Trinajstić information content (AvgIpc) is 3.03. The van der Waals surface area contributed by atoms with E-state index in [9.17, 15) is 14.7 Å². The molecule has 4 heteroatoms. The van der Waals surface area contributed by atoms with Crippen LogP contribution in [-0.2, 0) is 9.59 Å². The maximum Gasteiger partial charge on any atom is 0.330 e. The minimum atomic E-state index is -0.815. The van der Waals surface area contributed by atoms with Gasteiger partial charge in [-0.15, -0.1) is 0 Å². The third kappa shape index (κ3) is 4.51. The molecule has 4 nitrogen and oxygen atoms in total. The third-order valence-corrected chi connectivity index (χ3v) is 11.2. The van der Waals surface area contributed by atoms with Gasteiger partial charge < -0.3 is 10.2 Å². The highest BCUT2D eigenvalue weighted by molar-refractivity contribution is 5.85. The van der Waals surface area contributed by atoms with E-state index in [0.717, 1.165) is 25.7 Å². The fraction of sp³-hybridized carbons (Fsp3) is 0.800. The number of carbonyl (C=O) groups is 2. The van der Waals surface area contributed by atoms with E-state index in [0.29, 0.717) is 34.7 Å². The second kappa shape index (κ2) is 9.82. The molecule has 34 heavy (non-hydrogen) atoms. The Morgan fingerprint density at radius 2 is 1.71 bits per heavy atom. The Bertz CT molecular complexity index is 865. The topological polar surface area (TPSA) is 74.6 Å². The Morgan fingerprint density at radius 3 is 2.29 bits per heavy atom. The lowest BCUT2D eigenvalue weighted by atomic mass is 9.40. The van der Waals surface area contributed by atoms with Crippen LogP contribution >= 0.6 is 0 Å². The van der Waals surface area contributed by atoms with Crippen LogP contribution in [0.25, 0.3) is 0 Å². The molecule has 3 saturated carbocycles. The molecule has 0 aromatic carbocycles. The molecule has 3 aliphatic carbocycles. The van der Waals surface area contributed by atoms with Crippen molar-refractivity contribution in [3.05, 3.63) is 22.8 Å². The van der Waals surface area contributed by atoms with Gasteiger partial charge >= 0.3 is 11.9 Å². The van der Waals surface area contributed by atoms with Crippen molar-refractivity contribution in [3.8, 4) is 0 Å². The maximum atomic E-state index is 11.5. The van der Waals surface area contributed by atoms with Gasteiger partial charge in [0.1, 0.15) is 0 Å². The minimum Gasteiger partial charge on any atom is -0.481 e. The van der Waals surface area contributed by atoms with Gasteiger partial charge in [-0.3, -0.25) is 4.79 Å². The summed E-state index contributed by atoms with van der Waals surface area (Å²) in [4.78, 5) is 22.7. The van der Waals surface area contributed by atoms with Crippen LogP contribution in [0.5, 0.6) is 0 Å². The van der Waals surface area contributed by atoms with E-state index in [4.69, 9.17) is 5.11 Å². The van der Waals surface area contributed by atoms with Crippen molar-refractivity contribution in [3.63, 3.8) is 0 Å². The van der Waals surface area contributed by atoms with Gasteiger partial charge in [0.05, 0.1) is 0 Å². The SMILES string of the molecule is CC(=CCC[C@@H](C)[C@H]1CC[C@@]2(C)[C@@H]3CCC(=C(C)C)[C@@H](CCC(=O)O)[C@]3(C)CC[C@]12C)C(=O)O. The van der Waals surface area contributed by atoms with Crippen LogP contribution in [0, 0.1) is 39.9 Å². The van der Waals surface area contributed by atoms with Gasteiger partial charge in [-0.05, 0) is 118 Å². The average molecular weight is 473 g/mol. The standard InChI is InChI=1S/C30H48O4/c1-19(2)22-11-13-25-28(5,24(22)12-14-26(31)32)17-18-29(6)23(15-16-30(25,29)7)20(3)9-8-10-21(4)27(33)34/h10,20,23-25H,8-9,11-18H2,1-7H3,(H,31,32)(H,33,34)/t20-,23-,24-,25-,28+,29-,30+/m1/s1. The summed E-state index contributed by atoms with van der Waals surface area (Å²) in [5.41, 5.74) is 4.14. The molecule has 192 valence electrons. The molecule has 0 amide bonds. The molecule has 0 aromatic heterocycles. The summed E-state index contributed by atoms with van der Waals surface area (Å²) in [6.45, 7) is 16.1. The number of carboxylic acids is 2. The number of fused-ring (bicyclic) bond motifs is 3. The summed E-state index contributed by atoms with van der Waals surface area (Å²) in [6.07, 6.45) is 12.1. The maximum absolute atomic E-state index is 11.5. The van der Waals surface area contributed by atoms with Crippen LogP contribution < -0.4 is 0 Å². The molecule has 0 spiro atoms. The normalized spacial score (nSPS) is 38.7. The zero-order valence-electron chi connectivity index (χ0n) is 22.7. The number of hydrogen-bond acceptors (Lipinski definition) is 2. The Balaban J connectivity index is 1.86. The van der Waals surface area contributed by atoms with Gasteiger partial charge in [0.2, 0.25) is 0 Å². The molecule has 0 aliphatic heterocycles. The quantitative estimate of drug-likeness (QED) is 0.278. The Morgan fingerprint density at radius 1 is 1.03 bits per heavy atom. The summed E-state index contributed by atoms with van der Waals surface area (Å²) >= 11 is 0. The molecule has 3 fully saturated rings. The fourth-order valence-corrected chi connectivity index (χ4v) is 9.03. The number of hydrogen-bond donors (Lipinski definition) is 2. The molecule has 0 heterocycles. The predicted octanol–water partition coefficient (Wildman–Crippen LogP) is 7.88. The van der Waals surface area contributed by atoms with E-state index in [-0.39, 0.29) is 17.3 Å². The van der Waals surface area contributed by atoms with Gasteiger partial charge in [0.25, 0.3) is 0 Å². The van der Waals surface area contributed by atoms with Crippen LogP contribution in [0.15, 0.2) is 22.8 Å². The van der Waals surface area contributed by atoms with Crippen molar-refractivity contribution in [2.24, 2.45) is 39.9 Å². The van der Waals surface area contributed by atoms with E-state index in [1.807, 2.05) is 6.08 Å². The lowest BCUT2D eigenvalue weighted by molar-refractivity contribution is -0.147. The van der Waals surface area contributed by atoms with Gasteiger partial charge in [-0.25, -0.2) is 4.79 Å². The summed E-state index contributed by atoms with van der Waals surface area (Å²) in [7, 11) is 0. The molecule has 3 aliphatic rings. The lowest BCUT2D eigenvalue weighted by Gasteiger charge is -2.65. The highest BCUT2D eigenvalue weighted by Crippen LogP contribution is 2.74. The highest BCUT2D eigenvalue weighted by atomic mass is 16.4. The zero-order chi connectivity index (χ0) is 25.5. The summed E-state index contributed by atoms with van der Waals surface area (Å²) in [5, 5.41) is 18.6. The molecule has 0 saturated heterocycles. The van der Waals surface area contributed by atoms with Gasteiger partial charge in [-0.1, -0.05) is 44.9 Å². The Kier molecular flexibility index (Phi) is 7.80. The first-order chi connectivity index (χ1) is 15.8. The fourth-order valence-electron chi connectivity index (χ4n) is 9.03. The van der Waals surface area contributed by atoms with E-state index in [1.165, 1.54) is 43.3 Å². The molecule has 0 unspecified atom stereocenters. The van der Waals surface area contributed by atoms with E-state index < -0.39 is 11.9 Å². The molecular weight excluding hydrogens is 424 g/mol. The molecule has 7 atom stereocenters. The van der Waals surface area contributed by atoms with Crippen molar-refractivity contribution >= 4 is 11.9 Å². The smallest absolute Gasteiger partial charge is 0.330 e. The van der Waals surface area contributed by atoms with Crippen LogP contribution in [0.4, 0.5) is 0 Å². The lowest BCUT2D eigenvalue weighted by Crippen LogP contribution is -2.57. The Hall–Kier alpha value is -1.58. The third-order valence-electron chi connectivity index (χ3n) is 11.2. The van der Waals surface area contributed by atoms with E-state index in [2.05, 4.69) is 41.5 Å². The molecule has 2 N–H and O–H groups in total. The zero-order valence-corrected chi connectivity index (χ0v) is 22.7.